The van der Waals surface area contributed by atoms with Crippen molar-refractivity contribution in [1.82, 2.24) is 24.9 Å². The quantitative estimate of drug-likeness (QED) is 0.242. The largest absolute Gasteiger partial charge is 0.412 e. The molecule has 1 aromatic carbocycles. The van der Waals surface area contributed by atoms with Gasteiger partial charge in [0.15, 0.2) is 17.2 Å². The van der Waals surface area contributed by atoms with Gasteiger partial charge in [-0.15, -0.1) is 5.10 Å². The fourth-order valence-corrected chi connectivity index (χ4v) is 4.81. The van der Waals surface area contributed by atoms with Gasteiger partial charge in [-0.25, -0.2) is 23.1 Å². The molecule has 0 unspecified atom stereocenters. The molecule has 3 heterocycles. The first-order chi connectivity index (χ1) is 19.9. The van der Waals surface area contributed by atoms with Crippen molar-refractivity contribution in [1.29, 1.82) is 0 Å². The summed E-state index contributed by atoms with van der Waals surface area (Å²) < 4.78 is 33.8. The molecule has 4 N–H and O–H groups in total. The van der Waals surface area contributed by atoms with Gasteiger partial charge in [-0.2, -0.15) is 0 Å². The van der Waals surface area contributed by atoms with Crippen LogP contribution in [-0.2, 0) is 0 Å². The van der Waals surface area contributed by atoms with Crippen LogP contribution in [0.15, 0.2) is 55.0 Å². The van der Waals surface area contributed by atoms with Gasteiger partial charge in [0.2, 0.25) is 0 Å². The van der Waals surface area contributed by atoms with Crippen molar-refractivity contribution in [3.8, 4) is 5.75 Å². The number of imidazole rings is 1. The molecule has 0 spiro atoms. The second-order valence-electron chi connectivity index (χ2n) is 10.2. The lowest BCUT2D eigenvalue weighted by Crippen LogP contribution is -2.41. The number of ether oxygens (including phenoxy) is 1. The SMILES string of the molecule is O=C(N[C@H]1CC[C@H](Nc2cc(NC3CC3)c3ncc(C(=O)Nc4ccncc4F)n3n2)CC1)Oc1ccc(F)cc1. The molecule has 0 radical (unpaired) electrons. The highest BCUT2D eigenvalue weighted by Gasteiger charge is 2.26. The van der Waals surface area contributed by atoms with Gasteiger partial charge >= 0.3 is 6.09 Å². The van der Waals surface area contributed by atoms with Gasteiger partial charge < -0.3 is 26.0 Å². The van der Waals surface area contributed by atoms with E-state index in [1.807, 2.05) is 6.07 Å². The van der Waals surface area contributed by atoms with Crippen molar-refractivity contribution in [3.05, 3.63) is 72.3 Å². The van der Waals surface area contributed by atoms with Crippen molar-refractivity contribution in [2.75, 3.05) is 16.0 Å². The summed E-state index contributed by atoms with van der Waals surface area (Å²) in [5.41, 5.74) is 1.41. The summed E-state index contributed by atoms with van der Waals surface area (Å²) in [7, 11) is 0. The summed E-state index contributed by atoms with van der Waals surface area (Å²) in [6.07, 6.45) is 8.35. The first-order valence-electron chi connectivity index (χ1n) is 13.5. The van der Waals surface area contributed by atoms with Crippen molar-refractivity contribution in [2.24, 2.45) is 0 Å². The van der Waals surface area contributed by atoms with E-state index < -0.39 is 23.6 Å². The molecule has 4 aromatic rings. The number of anilines is 3. The molecule has 0 atom stereocenters. The lowest BCUT2D eigenvalue weighted by molar-refractivity contribution is 0.102. The molecule has 11 nitrogen and oxygen atoms in total. The van der Waals surface area contributed by atoms with Gasteiger partial charge in [0.25, 0.3) is 5.91 Å². The number of aromatic nitrogens is 4. The van der Waals surface area contributed by atoms with Gasteiger partial charge in [-0.1, -0.05) is 0 Å². The fraction of sp³-hybridized carbons (Fsp3) is 0.321. The fourth-order valence-electron chi connectivity index (χ4n) is 4.81. The highest BCUT2D eigenvalue weighted by atomic mass is 19.1. The maximum atomic E-state index is 14.1. The molecule has 6 rings (SSSR count). The number of nitrogens with one attached hydrogen (secondary N) is 4. The average molecular weight is 563 g/mol. The van der Waals surface area contributed by atoms with E-state index in [0.717, 1.165) is 50.4 Å². The minimum Gasteiger partial charge on any atom is -0.410 e. The summed E-state index contributed by atoms with van der Waals surface area (Å²) >= 11 is 0. The number of pyridine rings is 1. The van der Waals surface area contributed by atoms with E-state index in [1.165, 1.54) is 47.2 Å². The molecule has 2 aliphatic carbocycles. The van der Waals surface area contributed by atoms with Crippen LogP contribution in [0.2, 0.25) is 0 Å². The molecule has 13 heteroatoms. The number of benzene rings is 1. The monoisotopic (exact) mass is 562 g/mol. The zero-order valence-electron chi connectivity index (χ0n) is 21.9. The van der Waals surface area contributed by atoms with Gasteiger partial charge in [-0.05, 0) is 68.9 Å². The van der Waals surface area contributed by atoms with E-state index >= 15 is 0 Å². The minimum atomic E-state index is -0.644. The molecular weight excluding hydrogens is 534 g/mol. The highest BCUT2D eigenvalue weighted by molar-refractivity contribution is 6.03. The molecule has 2 fully saturated rings. The van der Waals surface area contributed by atoms with Crippen molar-refractivity contribution in [3.63, 3.8) is 0 Å². The third-order valence-corrected chi connectivity index (χ3v) is 7.08. The van der Waals surface area contributed by atoms with E-state index in [-0.39, 0.29) is 29.2 Å². The average Bonchev–Trinajstić information content (AvgIpc) is 3.67. The predicted octanol–water partition coefficient (Wildman–Crippen LogP) is 4.74. The number of carbonyl (C=O) groups excluding carboxylic acids is 2. The van der Waals surface area contributed by atoms with Crippen LogP contribution in [0.5, 0.6) is 5.75 Å². The number of hydrogen-bond donors (Lipinski definition) is 4. The molecular formula is C28H28F2N8O3. The summed E-state index contributed by atoms with van der Waals surface area (Å²) in [5.74, 6) is -0.760. The molecule has 0 bridgehead atoms. The molecule has 2 aliphatic rings. The van der Waals surface area contributed by atoms with Crippen LogP contribution in [0, 0.1) is 11.6 Å². The maximum Gasteiger partial charge on any atom is 0.412 e. The Balaban J connectivity index is 1.12. The van der Waals surface area contributed by atoms with Crippen LogP contribution in [0.4, 0.5) is 30.8 Å². The normalized spacial score (nSPS) is 18.5. The molecule has 2 saturated carbocycles. The Morgan fingerprint density at radius 3 is 2.32 bits per heavy atom. The van der Waals surface area contributed by atoms with Gasteiger partial charge in [0.1, 0.15) is 17.4 Å². The number of rotatable bonds is 8. The zero-order valence-corrected chi connectivity index (χ0v) is 21.9. The van der Waals surface area contributed by atoms with E-state index in [9.17, 15) is 18.4 Å². The Bertz CT molecular complexity index is 1570. The number of fused-ring (bicyclic) bond motifs is 1. The number of halogens is 2. The van der Waals surface area contributed by atoms with Gasteiger partial charge in [0, 0.05) is 30.4 Å². The van der Waals surface area contributed by atoms with Crippen LogP contribution in [0.3, 0.4) is 0 Å². The summed E-state index contributed by atoms with van der Waals surface area (Å²) in [5, 5.41) is 17.0. The van der Waals surface area contributed by atoms with Gasteiger partial charge in [-0.3, -0.25) is 9.78 Å². The van der Waals surface area contributed by atoms with Crippen molar-refractivity contribution >= 4 is 34.8 Å². The van der Waals surface area contributed by atoms with Crippen LogP contribution < -0.4 is 26.0 Å². The minimum absolute atomic E-state index is 0.0116. The first kappa shape index (κ1) is 26.4. The molecule has 0 aliphatic heterocycles. The lowest BCUT2D eigenvalue weighted by Gasteiger charge is -2.29. The number of nitrogens with zero attached hydrogens (tertiary/aromatic N) is 4. The van der Waals surface area contributed by atoms with Crippen LogP contribution >= 0.6 is 0 Å². The molecule has 2 amide bonds. The number of amides is 2. The Hall–Kier alpha value is -4.81. The van der Waals surface area contributed by atoms with E-state index in [2.05, 4.69) is 36.3 Å². The smallest absolute Gasteiger partial charge is 0.410 e. The Morgan fingerprint density at radius 2 is 1.59 bits per heavy atom. The summed E-state index contributed by atoms with van der Waals surface area (Å²) in [4.78, 5) is 33.4. The molecule has 3 aromatic heterocycles. The van der Waals surface area contributed by atoms with Crippen molar-refractivity contribution < 1.29 is 23.1 Å². The molecule has 212 valence electrons. The van der Waals surface area contributed by atoms with E-state index in [4.69, 9.17) is 4.74 Å². The molecule has 0 saturated heterocycles. The number of hydrogen-bond acceptors (Lipinski definition) is 8. The van der Waals surface area contributed by atoms with Crippen molar-refractivity contribution in [2.45, 2.75) is 56.7 Å². The lowest BCUT2D eigenvalue weighted by atomic mass is 9.91. The Morgan fingerprint density at radius 1 is 0.878 bits per heavy atom. The van der Waals surface area contributed by atoms with Crippen LogP contribution in [-0.4, -0.2) is 49.7 Å². The second kappa shape index (κ2) is 11.4. The third-order valence-electron chi connectivity index (χ3n) is 7.08. The maximum absolute atomic E-state index is 14.1. The predicted molar refractivity (Wildman–Crippen MR) is 147 cm³/mol. The van der Waals surface area contributed by atoms with E-state index in [1.54, 1.807) is 0 Å². The standard InChI is InChI=1S/C28H28F2N8O3/c29-16-1-9-20(10-2-16)41-28(40)35-19-7-5-18(6-8-19)34-25-13-23(33-17-3-4-17)26-32-15-24(38(26)37-25)27(39)36-22-11-12-31-14-21(22)30/h1-2,9-15,17-19,33H,3-8H2,(H,34,37)(H,35,40)(H,31,36,39)/t18-,19-. The Kier molecular flexibility index (Phi) is 7.32. The van der Waals surface area contributed by atoms with Crippen LogP contribution in [0.25, 0.3) is 5.65 Å². The van der Waals surface area contributed by atoms with Crippen LogP contribution in [0.1, 0.15) is 49.0 Å². The first-order valence-corrected chi connectivity index (χ1v) is 13.5. The Labute approximate surface area is 233 Å². The zero-order chi connectivity index (χ0) is 28.3. The second-order valence-corrected chi connectivity index (χ2v) is 10.2. The summed E-state index contributed by atoms with van der Waals surface area (Å²) in [6.45, 7) is 0. The topological polar surface area (TPSA) is 135 Å². The highest BCUT2D eigenvalue weighted by Crippen LogP contribution is 2.30. The molecule has 41 heavy (non-hydrogen) atoms. The number of carbonyl (C=O) groups is 2. The summed E-state index contributed by atoms with van der Waals surface area (Å²) in [6, 6.07) is 8.90. The third kappa shape index (κ3) is 6.34. The van der Waals surface area contributed by atoms with E-state index in [0.29, 0.717) is 17.5 Å². The van der Waals surface area contributed by atoms with Gasteiger partial charge in [0.05, 0.1) is 23.8 Å².